The van der Waals surface area contributed by atoms with Crippen LogP contribution in [0.5, 0.6) is 0 Å². The Kier molecular flexibility index (Phi) is 5.71. The van der Waals surface area contributed by atoms with Gasteiger partial charge in [0.1, 0.15) is 0 Å². The molecule has 0 aliphatic carbocycles. The van der Waals surface area contributed by atoms with Gasteiger partial charge in [-0.25, -0.2) is 9.78 Å². The van der Waals surface area contributed by atoms with Crippen LogP contribution in [0.2, 0.25) is 5.02 Å². The number of nitrogens with one attached hydrogen (secondary N) is 1. The molecule has 4 nitrogen and oxygen atoms in total. The van der Waals surface area contributed by atoms with Crippen molar-refractivity contribution in [2.45, 2.75) is 32.7 Å². The summed E-state index contributed by atoms with van der Waals surface area (Å²) in [5.41, 5.74) is 3.98. The summed E-state index contributed by atoms with van der Waals surface area (Å²) in [6.07, 6.45) is 0. The van der Waals surface area contributed by atoms with Crippen LogP contribution in [-0.2, 0) is 12.0 Å². The number of hydrogen-bond acceptors (Lipinski definition) is 3. The number of halogens is 1. The van der Waals surface area contributed by atoms with Gasteiger partial charge in [-0.3, -0.25) is 0 Å². The lowest BCUT2D eigenvalue weighted by atomic mass is 9.87. The van der Waals surface area contributed by atoms with E-state index in [1.165, 1.54) is 5.56 Å². The summed E-state index contributed by atoms with van der Waals surface area (Å²) in [4.78, 5) is 16.0. The zero-order chi connectivity index (χ0) is 20.3. The van der Waals surface area contributed by atoms with Crippen LogP contribution in [-0.4, -0.2) is 16.1 Å². The predicted molar refractivity (Wildman–Crippen MR) is 114 cm³/mol. The van der Waals surface area contributed by atoms with E-state index in [-0.39, 0.29) is 11.1 Å². The molecule has 2 aromatic carbocycles. The Morgan fingerprint density at radius 3 is 2.29 bits per heavy atom. The molecule has 5 heteroatoms. The number of hydrogen-bond donors (Lipinski definition) is 2. The normalized spacial score (nSPS) is 11.3. The number of benzene rings is 2. The highest BCUT2D eigenvalue weighted by Gasteiger charge is 2.17. The SMILES string of the molecule is CC(C)(C)c1ccc(CNc2cc(Cl)c(-c3ccccc3)nc2C(=O)O)cc1. The maximum Gasteiger partial charge on any atom is 0.356 e. The van der Waals surface area contributed by atoms with E-state index in [0.29, 0.717) is 22.9 Å². The first-order valence-electron chi connectivity index (χ1n) is 9.08. The molecule has 3 rings (SSSR count). The van der Waals surface area contributed by atoms with Crippen molar-refractivity contribution in [1.82, 2.24) is 4.98 Å². The minimum atomic E-state index is -1.10. The van der Waals surface area contributed by atoms with Gasteiger partial charge in [-0.2, -0.15) is 0 Å². The molecule has 0 unspecified atom stereocenters. The van der Waals surface area contributed by atoms with Crippen molar-refractivity contribution in [1.29, 1.82) is 0 Å². The molecule has 2 N–H and O–H groups in total. The van der Waals surface area contributed by atoms with Crippen LogP contribution in [0.15, 0.2) is 60.7 Å². The average Bonchev–Trinajstić information content (AvgIpc) is 2.66. The Morgan fingerprint density at radius 2 is 1.71 bits per heavy atom. The average molecular weight is 395 g/mol. The van der Waals surface area contributed by atoms with E-state index in [0.717, 1.165) is 11.1 Å². The number of carbonyl (C=O) groups is 1. The van der Waals surface area contributed by atoms with E-state index in [1.54, 1.807) is 6.07 Å². The first-order valence-corrected chi connectivity index (χ1v) is 9.46. The maximum absolute atomic E-state index is 11.7. The number of carboxylic acids is 1. The Bertz CT molecular complexity index is 978. The summed E-state index contributed by atoms with van der Waals surface area (Å²) in [6.45, 7) is 6.98. The van der Waals surface area contributed by atoms with Crippen molar-refractivity contribution in [3.8, 4) is 11.3 Å². The fourth-order valence-electron chi connectivity index (χ4n) is 2.90. The number of aromatic nitrogens is 1. The molecule has 1 heterocycles. The summed E-state index contributed by atoms with van der Waals surface area (Å²) in [5, 5.41) is 13.2. The summed E-state index contributed by atoms with van der Waals surface area (Å²) < 4.78 is 0. The molecule has 3 aromatic rings. The highest BCUT2D eigenvalue weighted by atomic mass is 35.5. The van der Waals surface area contributed by atoms with Crippen molar-refractivity contribution in [2.75, 3.05) is 5.32 Å². The third-order valence-corrected chi connectivity index (χ3v) is 4.82. The van der Waals surface area contributed by atoms with E-state index in [9.17, 15) is 9.90 Å². The Hall–Kier alpha value is -2.85. The molecule has 0 aliphatic rings. The molecular formula is C23H23ClN2O2. The summed E-state index contributed by atoms with van der Waals surface area (Å²) in [5.74, 6) is -1.10. The number of pyridine rings is 1. The van der Waals surface area contributed by atoms with E-state index in [1.807, 2.05) is 42.5 Å². The number of carboxylic acid groups (broad SMARTS) is 1. The standard InChI is InChI=1S/C23H23ClN2O2/c1-23(2,3)17-11-9-15(10-12-17)14-25-19-13-18(24)20(26-21(19)22(27)28)16-7-5-4-6-8-16/h4-13,25H,14H2,1-3H3,(H,27,28). The second kappa shape index (κ2) is 8.03. The first-order chi connectivity index (χ1) is 13.3. The fraction of sp³-hybridized carbons (Fsp3) is 0.217. The number of anilines is 1. The van der Waals surface area contributed by atoms with Crippen molar-refractivity contribution in [2.24, 2.45) is 0 Å². The third-order valence-electron chi connectivity index (χ3n) is 4.53. The minimum absolute atomic E-state index is 0.0467. The summed E-state index contributed by atoms with van der Waals surface area (Å²) in [6, 6.07) is 19.2. The predicted octanol–water partition coefficient (Wildman–Crippen LogP) is 6.01. The molecule has 0 fully saturated rings. The van der Waals surface area contributed by atoms with Gasteiger partial charge >= 0.3 is 5.97 Å². The van der Waals surface area contributed by atoms with Crippen LogP contribution in [0.1, 0.15) is 42.4 Å². The molecule has 0 aliphatic heterocycles. The van der Waals surface area contributed by atoms with E-state index in [2.05, 4.69) is 43.2 Å². The van der Waals surface area contributed by atoms with Crippen LogP contribution in [0.4, 0.5) is 5.69 Å². The van der Waals surface area contributed by atoms with Gasteiger partial charge in [-0.05, 0) is 22.6 Å². The molecule has 144 valence electrons. The van der Waals surface area contributed by atoms with Gasteiger partial charge in [0, 0.05) is 12.1 Å². The monoisotopic (exact) mass is 394 g/mol. The Morgan fingerprint density at radius 1 is 1.07 bits per heavy atom. The highest BCUT2D eigenvalue weighted by molar-refractivity contribution is 6.33. The molecule has 0 radical (unpaired) electrons. The molecule has 28 heavy (non-hydrogen) atoms. The molecule has 0 saturated heterocycles. The Labute approximate surface area is 170 Å². The number of aromatic carboxylic acids is 1. The van der Waals surface area contributed by atoms with Gasteiger partial charge in [0.15, 0.2) is 5.69 Å². The van der Waals surface area contributed by atoms with Gasteiger partial charge in [0.05, 0.1) is 16.4 Å². The minimum Gasteiger partial charge on any atom is -0.476 e. The lowest BCUT2D eigenvalue weighted by molar-refractivity contribution is 0.0691. The molecule has 0 bridgehead atoms. The van der Waals surface area contributed by atoms with Crippen molar-refractivity contribution in [3.05, 3.63) is 82.5 Å². The van der Waals surface area contributed by atoms with Gasteiger partial charge < -0.3 is 10.4 Å². The van der Waals surface area contributed by atoms with E-state index >= 15 is 0 Å². The van der Waals surface area contributed by atoms with Crippen molar-refractivity contribution in [3.63, 3.8) is 0 Å². The molecule has 0 spiro atoms. The molecular weight excluding hydrogens is 372 g/mol. The number of nitrogens with zero attached hydrogens (tertiary/aromatic N) is 1. The zero-order valence-electron chi connectivity index (χ0n) is 16.2. The van der Waals surface area contributed by atoms with Crippen LogP contribution in [0, 0.1) is 0 Å². The van der Waals surface area contributed by atoms with Gasteiger partial charge in [0.25, 0.3) is 0 Å². The largest absolute Gasteiger partial charge is 0.476 e. The molecule has 1 aromatic heterocycles. The topological polar surface area (TPSA) is 62.2 Å². The van der Waals surface area contributed by atoms with Crippen LogP contribution in [0.25, 0.3) is 11.3 Å². The van der Waals surface area contributed by atoms with Crippen LogP contribution in [0.3, 0.4) is 0 Å². The Balaban J connectivity index is 1.86. The van der Waals surface area contributed by atoms with Crippen molar-refractivity contribution >= 4 is 23.3 Å². The van der Waals surface area contributed by atoms with Gasteiger partial charge in [0.2, 0.25) is 0 Å². The molecule has 0 saturated carbocycles. The first kappa shape index (κ1) is 19.9. The second-order valence-electron chi connectivity index (χ2n) is 7.69. The van der Waals surface area contributed by atoms with Gasteiger partial charge in [-0.15, -0.1) is 0 Å². The van der Waals surface area contributed by atoms with Crippen LogP contribution < -0.4 is 5.32 Å². The molecule has 0 amide bonds. The number of rotatable bonds is 5. The lowest BCUT2D eigenvalue weighted by Crippen LogP contribution is -2.12. The summed E-state index contributed by atoms with van der Waals surface area (Å²) in [7, 11) is 0. The maximum atomic E-state index is 11.7. The van der Waals surface area contributed by atoms with Crippen molar-refractivity contribution < 1.29 is 9.90 Å². The smallest absolute Gasteiger partial charge is 0.356 e. The summed E-state index contributed by atoms with van der Waals surface area (Å²) >= 11 is 6.40. The third kappa shape index (κ3) is 4.52. The van der Waals surface area contributed by atoms with Crippen LogP contribution >= 0.6 is 11.6 Å². The zero-order valence-corrected chi connectivity index (χ0v) is 16.9. The van der Waals surface area contributed by atoms with E-state index < -0.39 is 5.97 Å². The quantitative estimate of drug-likeness (QED) is 0.556. The lowest BCUT2D eigenvalue weighted by Gasteiger charge is -2.19. The second-order valence-corrected chi connectivity index (χ2v) is 8.09. The fourth-order valence-corrected chi connectivity index (χ4v) is 3.17. The van der Waals surface area contributed by atoms with Gasteiger partial charge in [-0.1, -0.05) is 87.0 Å². The molecule has 0 atom stereocenters. The van der Waals surface area contributed by atoms with E-state index in [4.69, 9.17) is 11.6 Å². The highest BCUT2D eigenvalue weighted by Crippen LogP contribution is 2.30.